The molecular weight excluding hydrogens is 532 g/mol. The Kier molecular flexibility index (Phi) is 6.80. The summed E-state index contributed by atoms with van der Waals surface area (Å²) in [5, 5.41) is 12.9. The van der Waals surface area contributed by atoms with E-state index in [9.17, 15) is 0 Å². The number of anilines is 1. The van der Waals surface area contributed by atoms with Gasteiger partial charge in [0.25, 0.3) is 0 Å². The van der Waals surface area contributed by atoms with Gasteiger partial charge in [0, 0.05) is 21.5 Å². The van der Waals surface area contributed by atoms with Crippen molar-refractivity contribution in [3.8, 4) is 22.9 Å². The minimum absolute atomic E-state index is 0.449. The fraction of sp³-hybridized carbons (Fsp3) is 0.286. The van der Waals surface area contributed by atoms with Gasteiger partial charge < -0.3 is 14.8 Å². The predicted octanol–water partition coefficient (Wildman–Crippen LogP) is 6.47. The van der Waals surface area contributed by atoms with E-state index in [1.807, 2.05) is 36.4 Å². The van der Waals surface area contributed by atoms with Crippen LogP contribution in [0.1, 0.15) is 31.6 Å². The lowest BCUT2D eigenvalue weighted by molar-refractivity contribution is 0.219. The third-order valence-corrected chi connectivity index (χ3v) is 6.56. The summed E-state index contributed by atoms with van der Waals surface area (Å²) in [4.78, 5) is 4.68. The van der Waals surface area contributed by atoms with Gasteiger partial charge in [0.15, 0.2) is 5.69 Å². The lowest BCUT2D eigenvalue weighted by atomic mass is 10.1. The maximum Gasteiger partial charge on any atom is 0.247 e. The van der Waals surface area contributed by atoms with Gasteiger partial charge in [-0.15, -0.1) is 10.2 Å². The molecule has 0 radical (unpaired) electrons. The normalized spacial score (nSPS) is 14.7. The van der Waals surface area contributed by atoms with Crippen molar-refractivity contribution in [1.29, 1.82) is 0 Å². The van der Waals surface area contributed by atoms with Crippen LogP contribution in [0.2, 0.25) is 0 Å². The molecule has 1 aliphatic heterocycles. The number of ether oxygens (including phenoxy) is 2. The largest absolute Gasteiger partial charge is 0.495 e. The number of thioether (sulfide) groups is 1. The molecule has 0 bridgehead atoms. The van der Waals surface area contributed by atoms with Crippen LogP contribution in [0.5, 0.6) is 11.6 Å². The van der Waals surface area contributed by atoms with Gasteiger partial charge in [0.05, 0.1) is 17.1 Å². The van der Waals surface area contributed by atoms with Gasteiger partial charge >= 0.3 is 0 Å². The van der Waals surface area contributed by atoms with Crippen LogP contribution < -0.4 is 14.8 Å². The molecule has 156 valence electrons. The Labute approximate surface area is 196 Å². The second kappa shape index (κ2) is 9.53. The SMILES string of the molecule is CCCCSc1nnc2c(n1)O[C@H](c1cc(Br)cc(Br)c1OC)Nc1ccccc1-2. The molecule has 9 heteroatoms. The summed E-state index contributed by atoms with van der Waals surface area (Å²) in [6.45, 7) is 2.16. The maximum absolute atomic E-state index is 6.37. The molecule has 2 aromatic carbocycles. The van der Waals surface area contributed by atoms with E-state index >= 15 is 0 Å². The lowest BCUT2D eigenvalue weighted by Crippen LogP contribution is -2.18. The Morgan fingerprint density at radius 3 is 2.83 bits per heavy atom. The minimum Gasteiger partial charge on any atom is -0.495 e. The quantitative estimate of drug-likeness (QED) is 0.278. The van der Waals surface area contributed by atoms with E-state index in [0.717, 1.165) is 44.4 Å². The molecule has 4 rings (SSSR count). The maximum atomic E-state index is 6.37. The smallest absolute Gasteiger partial charge is 0.247 e. The van der Waals surface area contributed by atoms with Crippen LogP contribution >= 0.6 is 43.6 Å². The monoisotopic (exact) mass is 550 g/mol. The summed E-state index contributed by atoms with van der Waals surface area (Å²) >= 11 is 8.73. The predicted molar refractivity (Wildman–Crippen MR) is 126 cm³/mol. The molecule has 0 fully saturated rings. The van der Waals surface area contributed by atoms with Gasteiger partial charge in [-0.3, -0.25) is 0 Å². The summed E-state index contributed by atoms with van der Waals surface area (Å²) in [6, 6.07) is 11.8. The van der Waals surface area contributed by atoms with Crippen molar-refractivity contribution in [1.82, 2.24) is 15.2 Å². The molecule has 0 unspecified atom stereocenters. The van der Waals surface area contributed by atoms with Crippen molar-refractivity contribution in [2.45, 2.75) is 31.1 Å². The van der Waals surface area contributed by atoms with E-state index in [2.05, 4.69) is 59.3 Å². The Hall–Kier alpha value is -1.84. The highest BCUT2D eigenvalue weighted by atomic mass is 79.9. The zero-order valence-corrected chi connectivity index (χ0v) is 20.5. The summed E-state index contributed by atoms with van der Waals surface area (Å²) in [5.74, 6) is 2.09. The Morgan fingerprint density at radius 1 is 1.20 bits per heavy atom. The number of unbranched alkanes of at least 4 members (excludes halogenated alkanes) is 1. The molecule has 30 heavy (non-hydrogen) atoms. The average Bonchev–Trinajstić information content (AvgIpc) is 2.90. The third-order valence-electron chi connectivity index (χ3n) is 4.59. The molecule has 0 aliphatic carbocycles. The van der Waals surface area contributed by atoms with Crippen LogP contribution in [0.4, 0.5) is 5.69 Å². The Bertz CT molecular complexity index is 1070. The Balaban J connectivity index is 1.80. The zero-order chi connectivity index (χ0) is 21.1. The van der Waals surface area contributed by atoms with Crippen molar-refractivity contribution in [2.24, 2.45) is 0 Å². The van der Waals surface area contributed by atoms with Gasteiger partial charge in [-0.25, -0.2) is 0 Å². The molecule has 1 aromatic heterocycles. The molecule has 0 saturated heterocycles. The summed E-state index contributed by atoms with van der Waals surface area (Å²) in [7, 11) is 1.64. The summed E-state index contributed by atoms with van der Waals surface area (Å²) in [6.07, 6.45) is 1.70. The molecule has 3 aromatic rings. The van der Waals surface area contributed by atoms with E-state index in [0.29, 0.717) is 22.5 Å². The number of benzene rings is 2. The number of nitrogens with zero attached hydrogens (tertiary/aromatic N) is 3. The molecule has 6 nitrogen and oxygen atoms in total. The van der Waals surface area contributed by atoms with Gasteiger partial charge in [0.1, 0.15) is 5.75 Å². The number of para-hydroxylation sites is 1. The average molecular weight is 552 g/mol. The zero-order valence-electron chi connectivity index (χ0n) is 16.5. The number of nitrogens with one attached hydrogen (secondary N) is 1. The molecule has 1 atom stereocenters. The first-order valence-corrected chi connectivity index (χ1v) is 12.1. The minimum atomic E-state index is -0.527. The fourth-order valence-corrected chi connectivity index (χ4v) is 5.43. The van der Waals surface area contributed by atoms with Crippen LogP contribution in [0.3, 0.4) is 0 Å². The number of halogens is 2. The topological polar surface area (TPSA) is 69.2 Å². The molecule has 1 N–H and O–H groups in total. The first-order valence-electron chi connectivity index (χ1n) is 9.53. The lowest BCUT2D eigenvalue weighted by Gasteiger charge is -2.22. The van der Waals surface area contributed by atoms with E-state index in [1.54, 1.807) is 18.9 Å². The fourth-order valence-electron chi connectivity index (χ4n) is 3.15. The number of rotatable bonds is 6. The van der Waals surface area contributed by atoms with Gasteiger partial charge in [-0.05, 0) is 40.5 Å². The van der Waals surface area contributed by atoms with Crippen LogP contribution in [0, 0.1) is 0 Å². The highest BCUT2D eigenvalue weighted by Crippen LogP contribution is 2.43. The molecule has 1 aliphatic rings. The van der Waals surface area contributed by atoms with Crippen LogP contribution in [-0.4, -0.2) is 28.0 Å². The van der Waals surface area contributed by atoms with Gasteiger partial charge in [-0.2, -0.15) is 4.98 Å². The summed E-state index contributed by atoms with van der Waals surface area (Å²) in [5.41, 5.74) is 3.24. The van der Waals surface area contributed by atoms with Gasteiger partial charge in [-0.1, -0.05) is 59.2 Å². The first-order chi connectivity index (χ1) is 14.6. The van der Waals surface area contributed by atoms with Crippen LogP contribution in [-0.2, 0) is 0 Å². The molecule has 0 amide bonds. The first kappa shape index (κ1) is 21.4. The molecule has 0 spiro atoms. The number of fused-ring (bicyclic) bond motifs is 3. The number of aromatic nitrogens is 3. The van der Waals surface area contributed by atoms with Crippen molar-refractivity contribution in [2.75, 3.05) is 18.2 Å². The second-order valence-corrected chi connectivity index (χ2v) is 9.48. The molecule has 0 saturated carbocycles. The van der Waals surface area contributed by atoms with E-state index in [-0.39, 0.29) is 0 Å². The van der Waals surface area contributed by atoms with E-state index < -0.39 is 6.23 Å². The third kappa shape index (κ3) is 4.43. The van der Waals surface area contributed by atoms with E-state index in [4.69, 9.17) is 9.47 Å². The Morgan fingerprint density at radius 2 is 2.03 bits per heavy atom. The highest BCUT2D eigenvalue weighted by molar-refractivity contribution is 9.11. The van der Waals surface area contributed by atoms with E-state index in [1.165, 1.54) is 0 Å². The van der Waals surface area contributed by atoms with Gasteiger partial charge in [0.2, 0.25) is 17.3 Å². The standard InChI is InChI=1S/C21H20Br2N4O2S/c1-3-4-9-30-21-25-20-17(26-27-21)13-7-5-6-8-16(13)24-19(29-20)14-10-12(22)11-15(23)18(14)28-2/h5-8,10-11,19,24H,3-4,9H2,1-2H3/t19-/m1/s1. The van der Waals surface area contributed by atoms with Crippen molar-refractivity contribution >= 4 is 49.3 Å². The van der Waals surface area contributed by atoms with Crippen LogP contribution in [0.15, 0.2) is 50.5 Å². The van der Waals surface area contributed by atoms with Crippen molar-refractivity contribution in [3.05, 3.63) is 50.9 Å². The van der Waals surface area contributed by atoms with Crippen molar-refractivity contribution < 1.29 is 9.47 Å². The van der Waals surface area contributed by atoms with Crippen LogP contribution in [0.25, 0.3) is 11.3 Å². The number of methoxy groups -OCH3 is 1. The molecular formula is C21H20Br2N4O2S. The highest BCUT2D eigenvalue weighted by Gasteiger charge is 2.28. The van der Waals surface area contributed by atoms with Crippen molar-refractivity contribution in [3.63, 3.8) is 0 Å². The molecule has 2 heterocycles. The summed E-state index contributed by atoms with van der Waals surface area (Å²) < 4.78 is 13.8. The second-order valence-electron chi connectivity index (χ2n) is 6.65. The number of hydrogen-bond donors (Lipinski definition) is 1. The number of hydrogen-bond acceptors (Lipinski definition) is 7.